The normalized spacial score (nSPS) is 27.2. The minimum absolute atomic E-state index is 0.0737. The lowest BCUT2D eigenvalue weighted by Crippen LogP contribution is -2.45. The van der Waals surface area contributed by atoms with Gasteiger partial charge in [0.1, 0.15) is 11.8 Å². The standard InChI is InChI=1S/C22H24N2O6/c1-3-29-16-8-6-15(7-9-16)23-17(25)11-30-22(28)12(2)24-20(26)18-13-4-5-14(10-13)19(18)21(24)27/h4-9,12-14,18-19H,3,10-11H2,1-2H3,(H,23,25)/t12-,13-,14-,18-,19+/m0/s1. The molecule has 5 atom stereocenters. The molecule has 0 spiro atoms. The van der Waals surface area contributed by atoms with Gasteiger partial charge in [0.25, 0.3) is 5.91 Å². The fourth-order valence-corrected chi connectivity index (χ4v) is 4.67. The number of amides is 3. The zero-order valence-corrected chi connectivity index (χ0v) is 16.9. The molecule has 1 N–H and O–H groups in total. The zero-order valence-electron chi connectivity index (χ0n) is 16.9. The molecule has 0 aromatic heterocycles. The van der Waals surface area contributed by atoms with Gasteiger partial charge in [0.15, 0.2) is 6.61 Å². The van der Waals surface area contributed by atoms with E-state index in [1.165, 1.54) is 6.92 Å². The van der Waals surface area contributed by atoms with Crippen LogP contribution >= 0.6 is 0 Å². The molecule has 30 heavy (non-hydrogen) atoms. The molecule has 8 nitrogen and oxygen atoms in total. The van der Waals surface area contributed by atoms with Gasteiger partial charge in [-0.15, -0.1) is 0 Å². The predicted octanol–water partition coefficient (Wildman–Crippen LogP) is 1.76. The highest BCUT2D eigenvalue weighted by Crippen LogP contribution is 2.52. The van der Waals surface area contributed by atoms with Crippen molar-refractivity contribution >= 4 is 29.4 Å². The maximum Gasteiger partial charge on any atom is 0.329 e. The first-order valence-electron chi connectivity index (χ1n) is 10.1. The highest BCUT2D eigenvalue weighted by atomic mass is 16.5. The number of nitrogens with zero attached hydrogens (tertiary/aromatic N) is 1. The number of carbonyl (C=O) groups excluding carboxylic acids is 4. The largest absolute Gasteiger partial charge is 0.494 e. The minimum Gasteiger partial charge on any atom is -0.494 e. The highest BCUT2D eigenvalue weighted by molar-refractivity contribution is 6.09. The minimum atomic E-state index is -1.06. The molecule has 1 saturated heterocycles. The number of carbonyl (C=O) groups is 4. The molecule has 1 aromatic carbocycles. The fraction of sp³-hybridized carbons (Fsp3) is 0.455. The Hall–Kier alpha value is -3.16. The van der Waals surface area contributed by atoms with E-state index in [2.05, 4.69) is 5.32 Å². The van der Waals surface area contributed by atoms with Crippen molar-refractivity contribution in [2.24, 2.45) is 23.7 Å². The SMILES string of the molecule is CCOc1ccc(NC(=O)COC(=O)[C@H](C)N2C(=O)[C@@H]3[C@H](C2=O)[C@H]2C=C[C@H]3C2)cc1. The van der Waals surface area contributed by atoms with Crippen LogP contribution in [0.15, 0.2) is 36.4 Å². The molecule has 4 rings (SSSR count). The van der Waals surface area contributed by atoms with Crippen LogP contribution in [0, 0.1) is 23.7 Å². The van der Waals surface area contributed by atoms with Crippen molar-refractivity contribution < 1.29 is 28.7 Å². The molecule has 1 saturated carbocycles. The Morgan fingerprint density at radius 1 is 1.10 bits per heavy atom. The summed E-state index contributed by atoms with van der Waals surface area (Å²) in [5, 5.41) is 2.62. The highest BCUT2D eigenvalue weighted by Gasteiger charge is 2.60. The van der Waals surface area contributed by atoms with E-state index in [9.17, 15) is 19.2 Å². The number of ether oxygens (including phenoxy) is 2. The van der Waals surface area contributed by atoms with Gasteiger partial charge in [-0.3, -0.25) is 19.3 Å². The molecule has 1 heterocycles. The lowest BCUT2D eigenvalue weighted by molar-refractivity contribution is -0.159. The third kappa shape index (κ3) is 3.46. The molecule has 2 bridgehead atoms. The number of allylic oxidation sites excluding steroid dienone is 2. The maximum absolute atomic E-state index is 12.8. The number of fused-ring (bicyclic) bond motifs is 5. The van der Waals surface area contributed by atoms with Crippen LogP contribution < -0.4 is 10.1 Å². The lowest BCUT2D eigenvalue weighted by atomic mass is 9.85. The second kappa shape index (κ2) is 7.93. The number of nitrogens with one attached hydrogen (secondary N) is 1. The van der Waals surface area contributed by atoms with Gasteiger partial charge in [-0.2, -0.15) is 0 Å². The van der Waals surface area contributed by atoms with Crippen molar-refractivity contribution in [3.8, 4) is 5.75 Å². The van der Waals surface area contributed by atoms with Gasteiger partial charge in [0.2, 0.25) is 11.8 Å². The van der Waals surface area contributed by atoms with Crippen LogP contribution in [0.2, 0.25) is 0 Å². The van der Waals surface area contributed by atoms with Gasteiger partial charge < -0.3 is 14.8 Å². The summed E-state index contributed by atoms with van der Waals surface area (Å²) in [7, 11) is 0. The van der Waals surface area contributed by atoms with Gasteiger partial charge in [-0.25, -0.2) is 4.79 Å². The summed E-state index contributed by atoms with van der Waals surface area (Å²) in [4.78, 5) is 51.0. The molecule has 8 heteroatoms. The second-order valence-electron chi connectivity index (χ2n) is 7.84. The van der Waals surface area contributed by atoms with Crippen molar-refractivity contribution in [3.05, 3.63) is 36.4 Å². The number of benzene rings is 1. The molecule has 3 amide bonds. The molecule has 2 aliphatic carbocycles. The number of esters is 1. The first-order chi connectivity index (χ1) is 14.4. The molecular formula is C22H24N2O6. The van der Waals surface area contributed by atoms with Gasteiger partial charge in [0.05, 0.1) is 18.4 Å². The van der Waals surface area contributed by atoms with E-state index >= 15 is 0 Å². The smallest absolute Gasteiger partial charge is 0.329 e. The molecule has 0 radical (unpaired) electrons. The summed E-state index contributed by atoms with van der Waals surface area (Å²) in [6, 6.07) is 5.73. The summed E-state index contributed by atoms with van der Waals surface area (Å²) in [6.07, 6.45) is 4.81. The Morgan fingerprint density at radius 3 is 2.27 bits per heavy atom. The summed E-state index contributed by atoms with van der Waals surface area (Å²) in [5.74, 6) is -1.83. The predicted molar refractivity (Wildman–Crippen MR) is 106 cm³/mol. The Morgan fingerprint density at radius 2 is 1.70 bits per heavy atom. The average Bonchev–Trinajstić information content (AvgIpc) is 3.41. The Kier molecular flexibility index (Phi) is 5.32. The molecule has 2 fully saturated rings. The number of hydrogen-bond acceptors (Lipinski definition) is 6. The van der Waals surface area contributed by atoms with Crippen molar-refractivity contribution in [2.45, 2.75) is 26.3 Å². The quantitative estimate of drug-likeness (QED) is 0.416. The van der Waals surface area contributed by atoms with Crippen LogP contribution in [0.5, 0.6) is 5.75 Å². The fourth-order valence-electron chi connectivity index (χ4n) is 4.67. The Balaban J connectivity index is 1.30. The monoisotopic (exact) mass is 412 g/mol. The van der Waals surface area contributed by atoms with Crippen LogP contribution in [-0.2, 0) is 23.9 Å². The van der Waals surface area contributed by atoms with Crippen LogP contribution in [0.25, 0.3) is 0 Å². The van der Waals surface area contributed by atoms with E-state index < -0.39 is 24.5 Å². The number of likely N-dealkylation sites (tertiary alicyclic amines) is 1. The van der Waals surface area contributed by atoms with E-state index in [-0.39, 0.29) is 35.5 Å². The van der Waals surface area contributed by atoms with Crippen LogP contribution in [0.1, 0.15) is 20.3 Å². The van der Waals surface area contributed by atoms with E-state index in [1.54, 1.807) is 24.3 Å². The maximum atomic E-state index is 12.8. The third-order valence-corrected chi connectivity index (χ3v) is 6.03. The Labute approximate surface area is 174 Å². The van der Waals surface area contributed by atoms with Crippen molar-refractivity contribution in [3.63, 3.8) is 0 Å². The molecule has 0 unspecified atom stereocenters. The van der Waals surface area contributed by atoms with Gasteiger partial charge in [-0.1, -0.05) is 12.2 Å². The van der Waals surface area contributed by atoms with Crippen molar-refractivity contribution in [2.75, 3.05) is 18.5 Å². The van der Waals surface area contributed by atoms with Crippen LogP contribution in [0.4, 0.5) is 5.69 Å². The van der Waals surface area contributed by atoms with E-state index in [0.717, 1.165) is 11.3 Å². The van der Waals surface area contributed by atoms with E-state index in [4.69, 9.17) is 9.47 Å². The molecular weight excluding hydrogens is 388 g/mol. The molecule has 1 aliphatic heterocycles. The number of anilines is 1. The summed E-state index contributed by atoms with van der Waals surface area (Å²) >= 11 is 0. The van der Waals surface area contributed by atoms with Crippen molar-refractivity contribution in [1.82, 2.24) is 4.90 Å². The third-order valence-electron chi connectivity index (χ3n) is 6.03. The zero-order chi connectivity index (χ0) is 21.4. The lowest BCUT2D eigenvalue weighted by Gasteiger charge is -2.23. The van der Waals surface area contributed by atoms with E-state index in [0.29, 0.717) is 18.0 Å². The molecule has 1 aromatic rings. The van der Waals surface area contributed by atoms with Crippen LogP contribution in [0.3, 0.4) is 0 Å². The van der Waals surface area contributed by atoms with Crippen molar-refractivity contribution in [1.29, 1.82) is 0 Å². The average molecular weight is 412 g/mol. The number of rotatable bonds is 7. The Bertz CT molecular complexity index is 879. The summed E-state index contributed by atoms with van der Waals surface area (Å²) in [6.45, 7) is 3.37. The first-order valence-corrected chi connectivity index (χ1v) is 10.1. The van der Waals surface area contributed by atoms with E-state index in [1.807, 2.05) is 19.1 Å². The van der Waals surface area contributed by atoms with Gasteiger partial charge >= 0.3 is 5.97 Å². The summed E-state index contributed by atoms with van der Waals surface area (Å²) in [5.41, 5.74) is 0.535. The number of imide groups is 1. The second-order valence-corrected chi connectivity index (χ2v) is 7.84. The van der Waals surface area contributed by atoms with Gasteiger partial charge in [-0.05, 0) is 56.4 Å². The van der Waals surface area contributed by atoms with Gasteiger partial charge in [0, 0.05) is 5.69 Å². The first kappa shape index (κ1) is 20.1. The van der Waals surface area contributed by atoms with Crippen LogP contribution in [-0.4, -0.2) is 47.8 Å². The molecule has 3 aliphatic rings. The molecule has 158 valence electrons. The number of hydrogen-bond donors (Lipinski definition) is 1. The summed E-state index contributed by atoms with van der Waals surface area (Å²) < 4.78 is 10.4. The topological polar surface area (TPSA) is 102 Å².